The zero-order valence-corrected chi connectivity index (χ0v) is 9.52. The van der Waals surface area contributed by atoms with Gasteiger partial charge in [-0.3, -0.25) is 4.90 Å². The van der Waals surface area contributed by atoms with Crippen molar-refractivity contribution in [3.8, 4) is 0 Å². The Balaban J connectivity index is 2.39. The van der Waals surface area contributed by atoms with Crippen LogP contribution in [0.1, 0.15) is 0 Å². The summed E-state index contributed by atoms with van der Waals surface area (Å²) in [5.74, 6) is 0.832. The van der Waals surface area contributed by atoms with Gasteiger partial charge in [-0.1, -0.05) is 0 Å². The molecule has 0 aliphatic carbocycles. The van der Waals surface area contributed by atoms with E-state index in [-0.39, 0.29) is 0 Å². The number of hydrogen-bond acceptors (Lipinski definition) is 4. The van der Waals surface area contributed by atoms with Gasteiger partial charge in [-0.25, -0.2) is 8.42 Å². The minimum absolute atomic E-state index is 0.618. The molecule has 1 fully saturated rings. The SMILES string of the molecule is CS(=O)(=O)N1CCN(CCS)CC1. The highest BCUT2D eigenvalue weighted by atomic mass is 32.2. The second-order valence-electron chi connectivity index (χ2n) is 3.23. The van der Waals surface area contributed by atoms with Crippen molar-refractivity contribution in [3.63, 3.8) is 0 Å². The van der Waals surface area contributed by atoms with Gasteiger partial charge in [0.05, 0.1) is 6.26 Å². The van der Waals surface area contributed by atoms with E-state index in [9.17, 15) is 8.42 Å². The normalized spacial score (nSPS) is 22.0. The van der Waals surface area contributed by atoms with Gasteiger partial charge in [-0.05, 0) is 0 Å². The van der Waals surface area contributed by atoms with Crippen molar-refractivity contribution in [2.45, 2.75) is 0 Å². The first-order valence-corrected chi connectivity index (χ1v) is 6.80. The summed E-state index contributed by atoms with van der Waals surface area (Å²) in [4.78, 5) is 2.23. The molecule has 0 unspecified atom stereocenters. The van der Waals surface area contributed by atoms with Gasteiger partial charge in [0, 0.05) is 38.5 Å². The zero-order chi connectivity index (χ0) is 9.90. The molecule has 0 aromatic heterocycles. The summed E-state index contributed by atoms with van der Waals surface area (Å²) in [5, 5.41) is 0. The second kappa shape index (κ2) is 4.63. The molecular formula is C7H16N2O2S2. The van der Waals surface area contributed by atoms with E-state index in [0.29, 0.717) is 13.1 Å². The van der Waals surface area contributed by atoms with Crippen LogP contribution in [-0.4, -0.2) is 62.4 Å². The van der Waals surface area contributed by atoms with Crippen LogP contribution in [0.25, 0.3) is 0 Å². The maximum Gasteiger partial charge on any atom is 0.211 e. The molecule has 0 aromatic carbocycles. The van der Waals surface area contributed by atoms with E-state index < -0.39 is 10.0 Å². The van der Waals surface area contributed by atoms with Crippen LogP contribution in [0.3, 0.4) is 0 Å². The van der Waals surface area contributed by atoms with Crippen molar-refractivity contribution >= 4 is 22.7 Å². The third-order valence-electron chi connectivity index (χ3n) is 2.22. The summed E-state index contributed by atoms with van der Waals surface area (Å²) >= 11 is 4.14. The highest BCUT2D eigenvalue weighted by Crippen LogP contribution is 2.05. The molecule has 1 saturated heterocycles. The quantitative estimate of drug-likeness (QED) is 0.657. The van der Waals surface area contributed by atoms with Crippen LogP contribution in [0, 0.1) is 0 Å². The van der Waals surface area contributed by atoms with Crippen molar-refractivity contribution < 1.29 is 8.42 Å². The predicted octanol–water partition coefficient (Wildman–Crippen LogP) is -0.507. The number of piperazine rings is 1. The number of nitrogens with zero attached hydrogens (tertiary/aromatic N) is 2. The molecule has 78 valence electrons. The molecule has 6 heteroatoms. The number of thiol groups is 1. The van der Waals surface area contributed by atoms with E-state index in [0.717, 1.165) is 25.4 Å². The topological polar surface area (TPSA) is 40.6 Å². The Bertz CT molecular complexity index is 245. The van der Waals surface area contributed by atoms with E-state index in [1.54, 1.807) is 0 Å². The molecule has 1 rings (SSSR count). The van der Waals surface area contributed by atoms with Crippen molar-refractivity contribution in [1.29, 1.82) is 0 Å². The summed E-state index contributed by atoms with van der Waals surface area (Å²) in [6, 6.07) is 0. The molecule has 0 radical (unpaired) electrons. The summed E-state index contributed by atoms with van der Waals surface area (Å²) in [6.07, 6.45) is 1.27. The van der Waals surface area contributed by atoms with Crippen LogP contribution in [0.5, 0.6) is 0 Å². The summed E-state index contributed by atoms with van der Waals surface area (Å²) < 4.78 is 23.8. The third-order valence-corrected chi connectivity index (χ3v) is 3.72. The van der Waals surface area contributed by atoms with Crippen LogP contribution in [0.15, 0.2) is 0 Å². The van der Waals surface area contributed by atoms with Gasteiger partial charge < -0.3 is 0 Å². The molecule has 4 nitrogen and oxygen atoms in total. The average Bonchev–Trinajstić information content (AvgIpc) is 2.04. The van der Waals surface area contributed by atoms with Crippen LogP contribution in [0.4, 0.5) is 0 Å². The predicted molar refractivity (Wildman–Crippen MR) is 56.7 cm³/mol. The number of hydrogen-bond donors (Lipinski definition) is 1. The van der Waals surface area contributed by atoms with E-state index >= 15 is 0 Å². The van der Waals surface area contributed by atoms with Crippen LogP contribution < -0.4 is 0 Å². The molecule has 1 heterocycles. The highest BCUT2D eigenvalue weighted by Gasteiger charge is 2.22. The van der Waals surface area contributed by atoms with Gasteiger partial charge in [0.25, 0.3) is 0 Å². The largest absolute Gasteiger partial charge is 0.300 e. The first-order valence-electron chi connectivity index (χ1n) is 4.32. The van der Waals surface area contributed by atoms with Gasteiger partial charge in [-0.2, -0.15) is 16.9 Å². The van der Waals surface area contributed by atoms with Crippen molar-refractivity contribution in [1.82, 2.24) is 9.21 Å². The zero-order valence-electron chi connectivity index (χ0n) is 7.81. The minimum atomic E-state index is -2.98. The molecule has 1 aliphatic rings. The molecular weight excluding hydrogens is 208 g/mol. The molecule has 0 atom stereocenters. The molecule has 0 aromatic rings. The summed E-state index contributed by atoms with van der Waals surface area (Å²) in [7, 11) is -2.98. The van der Waals surface area contributed by atoms with Gasteiger partial charge >= 0.3 is 0 Å². The molecule has 0 amide bonds. The van der Waals surface area contributed by atoms with Crippen LogP contribution >= 0.6 is 12.6 Å². The van der Waals surface area contributed by atoms with Crippen LogP contribution in [-0.2, 0) is 10.0 Å². The maximum atomic E-state index is 11.1. The van der Waals surface area contributed by atoms with E-state index in [2.05, 4.69) is 17.5 Å². The van der Waals surface area contributed by atoms with E-state index in [1.807, 2.05) is 0 Å². The molecule has 1 aliphatic heterocycles. The lowest BCUT2D eigenvalue weighted by atomic mass is 10.4. The first kappa shape index (κ1) is 11.3. The van der Waals surface area contributed by atoms with E-state index in [4.69, 9.17) is 0 Å². The monoisotopic (exact) mass is 224 g/mol. The Morgan fingerprint density at radius 2 is 1.77 bits per heavy atom. The number of sulfonamides is 1. The van der Waals surface area contributed by atoms with Gasteiger partial charge in [0.1, 0.15) is 0 Å². The second-order valence-corrected chi connectivity index (χ2v) is 5.66. The lowest BCUT2D eigenvalue weighted by Gasteiger charge is -2.32. The van der Waals surface area contributed by atoms with Gasteiger partial charge in [0.15, 0.2) is 0 Å². The van der Waals surface area contributed by atoms with Crippen molar-refractivity contribution in [3.05, 3.63) is 0 Å². The summed E-state index contributed by atoms with van der Waals surface area (Å²) in [5.41, 5.74) is 0. The molecule has 13 heavy (non-hydrogen) atoms. The fraction of sp³-hybridized carbons (Fsp3) is 1.00. The Kier molecular flexibility index (Phi) is 4.03. The Morgan fingerprint density at radius 3 is 2.15 bits per heavy atom. The first-order chi connectivity index (χ1) is 6.04. The van der Waals surface area contributed by atoms with Crippen molar-refractivity contribution in [2.24, 2.45) is 0 Å². The molecule has 0 N–H and O–H groups in total. The van der Waals surface area contributed by atoms with Crippen LogP contribution in [0.2, 0.25) is 0 Å². The lowest BCUT2D eigenvalue weighted by Crippen LogP contribution is -2.48. The summed E-state index contributed by atoms with van der Waals surface area (Å²) in [6.45, 7) is 3.83. The number of rotatable bonds is 3. The Morgan fingerprint density at radius 1 is 1.23 bits per heavy atom. The Hall–Kier alpha value is 0.220. The lowest BCUT2D eigenvalue weighted by molar-refractivity contribution is 0.198. The minimum Gasteiger partial charge on any atom is -0.300 e. The molecule has 0 bridgehead atoms. The standard InChI is InChI=1S/C7H16N2O2S2/c1-13(10,11)9-4-2-8(3-5-9)6-7-12/h12H,2-7H2,1H3. The highest BCUT2D eigenvalue weighted by molar-refractivity contribution is 7.88. The van der Waals surface area contributed by atoms with Gasteiger partial charge in [-0.15, -0.1) is 0 Å². The van der Waals surface area contributed by atoms with Crippen molar-refractivity contribution in [2.75, 3.05) is 44.7 Å². The molecule has 0 spiro atoms. The van der Waals surface area contributed by atoms with E-state index in [1.165, 1.54) is 10.6 Å². The van der Waals surface area contributed by atoms with Gasteiger partial charge in [0.2, 0.25) is 10.0 Å². The fourth-order valence-electron chi connectivity index (χ4n) is 1.43. The average molecular weight is 224 g/mol. The smallest absolute Gasteiger partial charge is 0.211 e. The fourth-order valence-corrected chi connectivity index (χ4v) is 2.54. The third kappa shape index (κ3) is 3.46. The molecule has 0 saturated carbocycles. The maximum absolute atomic E-state index is 11.1. The Labute approximate surface area is 85.4 Å².